The van der Waals surface area contributed by atoms with Crippen LogP contribution in [0.1, 0.15) is 41.8 Å². The first-order chi connectivity index (χ1) is 13.7. The highest BCUT2D eigenvalue weighted by Gasteiger charge is 2.18. The number of rotatable bonds is 5. The van der Waals surface area contributed by atoms with Crippen molar-refractivity contribution in [3.63, 3.8) is 0 Å². The Morgan fingerprint density at radius 2 is 1.76 bits per heavy atom. The van der Waals surface area contributed by atoms with E-state index in [1.54, 1.807) is 7.05 Å². The fraction of sp³-hybridized carbons (Fsp3) is 0.364. The molecule has 7 nitrogen and oxygen atoms in total. The molecule has 0 spiro atoms. The van der Waals surface area contributed by atoms with Crippen LogP contribution in [0.4, 0.5) is 0 Å². The summed E-state index contributed by atoms with van der Waals surface area (Å²) in [5, 5.41) is 3.43. The molecule has 7 heteroatoms. The van der Waals surface area contributed by atoms with E-state index in [1.807, 2.05) is 51.1 Å². The summed E-state index contributed by atoms with van der Waals surface area (Å²) in [4.78, 5) is 41.8. The largest absolute Gasteiger partial charge is 0.350 e. The Bertz CT molecular complexity index is 1190. The van der Waals surface area contributed by atoms with E-state index in [0.29, 0.717) is 17.5 Å². The van der Waals surface area contributed by atoms with Gasteiger partial charge in [0.2, 0.25) is 5.91 Å². The van der Waals surface area contributed by atoms with Gasteiger partial charge < -0.3 is 5.32 Å². The first-order valence-electron chi connectivity index (χ1n) is 9.62. The van der Waals surface area contributed by atoms with E-state index < -0.39 is 5.69 Å². The van der Waals surface area contributed by atoms with Crippen LogP contribution in [0.2, 0.25) is 0 Å². The van der Waals surface area contributed by atoms with Crippen LogP contribution in [-0.2, 0) is 25.3 Å². The SMILES string of the molecule is Cc1nc2c(c(C)c1CCC(=O)N[C@H](C)c1ccccc1)c(=O)n(C)c(=O)n2C. The Morgan fingerprint density at radius 1 is 1.10 bits per heavy atom. The fourth-order valence-electron chi connectivity index (χ4n) is 3.69. The van der Waals surface area contributed by atoms with Crippen LogP contribution in [-0.4, -0.2) is 20.0 Å². The van der Waals surface area contributed by atoms with E-state index in [-0.39, 0.29) is 23.9 Å². The van der Waals surface area contributed by atoms with Crippen molar-refractivity contribution >= 4 is 16.9 Å². The highest BCUT2D eigenvalue weighted by atomic mass is 16.2. The number of carbonyl (C=O) groups is 1. The van der Waals surface area contributed by atoms with Crippen LogP contribution in [0.5, 0.6) is 0 Å². The number of nitrogens with zero attached hydrogens (tertiary/aromatic N) is 3. The zero-order valence-electron chi connectivity index (χ0n) is 17.4. The van der Waals surface area contributed by atoms with Crippen molar-refractivity contribution in [1.82, 2.24) is 19.4 Å². The van der Waals surface area contributed by atoms with Crippen molar-refractivity contribution < 1.29 is 4.79 Å². The van der Waals surface area contributed by atoms with Crippen molar-refractivity contribution in [2.24, 2.45) is 14.1 Å². The summed E-state index contributed by atoms with van der Waals surface area (Å²) in [6, 6.07) is 9.70. The lowest BCUT2D eigenvalue weighted by Crippen LogP contribution is -2.38. The van der Waals surface area contributed by atoms with E-state index >= 15 is 0 Å². The maximum absolute atomic E-state index is 12.7. The molecule has 1 aromatic carbocycles. The topological polar surface area (TPSA) is 86.0 Å². The molecular formula is C22H26N4O3. The molecular weight excluding hydrogens is 368 g/mol. The molecule has 0 aliphatic rings. The summed E-state index contributed by atoms with van der Waals surface area (Å²) in [5.74, 6) is -0.0615. The fourth-order valence-corrected chi connectivity index (χ4v) is 3.69. The molecule has 1 N–H and O–H groups in total. The Morgan fingerprint density at radius 3 is 2.41 bits per heavy atom. The standard InChI is InChI=1S/C22H26N4O3/c1-13-17(11-12-18(27)23-14(2)16-9-7-6-8-10-16)15(3)24-20-19(13)21(28)26(5)22(29)25(20)4/h6-10,14H,11-12H2,1-5H3,(H,23,27)/t14-/m1/s1. The normalized spacial score (nSPS) is 12.2. The van der Waals surface area contributed by atoms with Gasteiger partial charge in [0.25, 0.3) is 5.56 Å². The molecule has 1 amide bonds. The Labute approximate surface area is 169 Å². The van der Waals surface area contributed by atoms with E-state index in [0.717, 1.165) is 27.0 Å². The van der Waals surface area contributed by atoms with Gasteiger partial charge in [-0.25, -0.2) is 9.78 Å². The van der Waals surface area contributed by atoms with Gasteiger partial charge in [0.15, 0.2) is 0 Å². The minimum absolute atomic E-state index is 0.0615. The Balaban J connectivity index is 1.86. The maximum atomic E-state index is 12.7. The average molecular weight is 394 g/mol. The van der Waals surface area contributed by atoms with Gasteiger partial charge in [-0.05, 0) is 43.9 Å². The minimum atomic E-state index is -0.407. The number of hydrogen-bond donors (Lipinski definition) is 1. The number of nitrogens with one attached hydrogen (secondary N) is 1. The van der Waals surface area contributed by atoms with E-state index in [9.17, 15) is 14.4 Å². The third-order valence-electron chi connectivity index (χ3n) is 5.45. The van der Waals surface area contributed by atoms with Crippen LogP contribution in [0.15, 0.2) is 39.9 Å². The third-order valence-corrected chi connectivity index (χ3v) is 5.45. The van der Waals surface area contributed by atoms with Crippen molar-refractivity contribution in [3.05, 3.63) is 73.6 Å². The van der Waals surface area contributed by atoms with Crippen LogP contribution >= 0.6 is 0 Å². The zero-order chi connectivity index (χ0) is 21.3. The molecule has 3 rings (SSSR count). The number of hydrogen-bond acceptors (Lipinski definition) is 4. The third kappa shape index (κ3) is 3.85. The summed E-state index contributed by atoms with van der Waals surface area (Å²) < 4.78 is 2.47. The summed E-state index contributed by atoms with van der Waals surface area (Å²) in [5.41, 5.74) is 3.02. The second-order valence-electron chi connectivity index (χ2n) is 7.41. The van der Waals surface area contributed by atoms with Gasteiger partial charge in [-0.15, -0.1) is 0 Å². The number of carbonyl (C=O) groups excluding carboxylic acids is 1. The molecule has 0 bridgehead atoms. The molecule has 29 heavy (non-hydrogen) atoms. The number of pyridine rings is 1. The van der Waals surface area contributed by atoms with Crippen LogP contribution in [0, 0.1) is 13.8 Å². The second-order valence-corrected chi connectivity index (χ2v) is 7.41. The molecule has 0 saturated heterocycles. The Hall–Kier alpha value is -3.22. The molecule has 152 valence electrons. The number of fused-ring (bicyclic) bond motifs is 1. The predicted molar refractivity (Wildman–Crippen MR) is 113 cm³/mol. The lowest BCUT2D eigenvalue weighted by Gasteiger charge is -2.16. The van der Waals surface area contributed by atoms with Gasteiger partial charge in [0.1, 0.15) is 5.65 Å². The number of benzene rings is 1. The summed E-state index contributed by atoms with van der Waals surface area (Å²) in [7, 11) is 3.07. The second kappa shape index (κ2) is 8.03. The van der Waals surface area contributed by atoms with E-state index in [2.05, 4.69) is 10.3 Å². The smallest absolute Gasteiger partial charge is 0.332 e. The van der Waals surface area contributed by atoms with Crippen molar-refractivity contribution in [2.75, 3.05) is 0 Å². The number of aromatic nitrogens is 3. The molecule has 2 heterocycles. The minimum Gasteiger partial charge on any atom is -0.350 e. The van der Waals surface area contributed by atoms with Gasteiger partial charge in [-0.3, -0.25) is 18.7 Å². The van der Waals surface area contributed by atoms with E-state index in [4.69, 9.17) is 0 Å². The molecule has 0 unspecified atom stereocenters. The van der Waals surface area contributed by atoms with Crippen LogP contribution in [0.25, 0.3) is 11.0 Å². The highest BCUT2D eigenvalue weighted by molar-refractivity contribution is 5.81. The summed E-state index contributed by atoms with van der Waals surface area (Å²) in [6.07, 6.45) is 0.762. The average Bonchev–Trinajstić information content (AvgIpc) is 2.70. The van der Waals surface area contributed by atoms with Crippen molar-refractivity contribution in [1.29, 1.82) is 0 Å². The number of aryl methyl sites for hydroxylation is 3. The molecule has 0 saturated carbocycles. The highest BCUT2D eigenvalue weighted by Crippen LogP contribution is 2.21. The molecule has 1 atom stereocenters. The van der Waals surface area contributed by atoms with Gasteiger partial charge >= 0.3 is 5.69 Å². The van der Waals surface area contributed by atoms with Gasteiger partial charge in [-0.1, -0.05) is 30.3 Å². The molecule has 0 aliphatic heterocycles. The number of amides is 1. The molecule has 3 aromatic rings. The van der Waals surface area contributed by atoms with Crippen molar-refractivity contribution in [2.45, 2.75) is 39.7 Å². The maximum Gasteiger partial charge on any atom is 0.332 e. The van der Waals surface area contributed by atoms with Gasteiger partial charge in [-0.2, -0.15) is 0 Å². The predicted octanol–water partition coefficient (Wildman–Crippen LogP) is 2.06. The first kappa shape index (κ1) is 20.5. The summed E-state index contributed by atoms with van der Waals surface area (Å²) >= 11 is 0. The lowest BCUT2D eigenvalue weighted by atomic mass is 9.99. The Kier molecular flexibility index (Phi) is 5.68. The van der Waals surface area contributed by atoms with Gasteiger partial charge in [0, 0.05) is 26.2 Å². The monoisotopic (exact) mass is 394 g/mol. The van der Waals surface area contributed by atoms with Crippen LogP contribution in [0.3, 0.4) is 0 Å². The lowest BCUT2D eigenvalue weighted by molar-refractivity contribution is -0.121. The molecule has 2 aromatic heterocycles. The molecule has 0 aliphatic carbocycles. The summed E-state index contributed by atoms with van der Waals surface area (Å²) in [6.45, 7) is 5.64. The quantitative estimate of drug-likeness (QED) is 0.718. The van der Waals surface area contributed by atoms with Gasteiger partial charge in [0.05, 0.1) is 11.4 Å². The van der Waals surface area contributed by atoms with Crippen molar-refractivity contribution in [3.8, 4) is 0 Å². The van der Waals surface area contributed by atoms with E-state index in [1.165, 1.54) is 11.6 Å². The zero-order valence-corrected chi connectivity index (χ0v) is 17.4. The first-order valence-corrected chi connectivity index (χ1v) is 9.62. The van der Waals surface area contributed by atoms with Crippen LogP contribution < -0.4 is 16.6 Å². The molecule has 0 fully saturated rings. The molecule has 0 radical (unpaired) electrons.